The highest BCUT2D eigenvalue weighted by Gasteiger charge is 1.96. The van der Waals surface area contributed by atoms with Crippen LogP contribution in [0.4, 0.5) is 0 Å². The van der Waals surface area contributed by atoms with E-state index in [9.17, 15) is 0 Å². The van der Waals surface area contributed by atoms with Crippen LogP contribution in [-0.2, 0) is 0 Å². The lowest BCUT2D eigenvalue weighted by Crippen LogP contribution is -1.89. The third-order valence-corrected chi connectivity index (χ3v) is 1.54. The molecule has 0 heterocycles. The van der Waals surface area contributed by atoms with Crippen molar-refractivity contribution in [2.45, 2.75) is 19.8 Å². The molecule has 0 bridgehead atoms. The Morgan fingerprint density at radius 2 is 2.17 bits per heavy atom. The predicted molar refractivity (Wildman–Crippen MR) is 56.7 cm³/mol. The van der Waals surface area contributed by atoms with E-state index in [-0.39, 0.29) is 0 Å². The monoisotopic (exact) mass is 163 g/mol. The maximum Gasteiger partial charge on any atom is 0.0278 e. The van der Waals surface area contributed by atoms with Gasteiger partial charge in [0.25, 0.3) is 0 Å². The van der Waals surface area contributed by atoms with E-state index in [1.165, 1.54) is 5.57 Å². The van der Waals surface area contributed by atoms with E-state index in [4.69, 9.17) is 0 Å². The number of hydrogen-bond acceptors (Lipinski definition) is 1. The van der Waals surface area contributed by atoms with Crippen molar-refractivity contribution >= 4 is 6.21 Å². The van der Waals surface area contributed by atoms with Gasteiger partial charge < -0.3 is 0 Å². The largest absolute Gasteiger partial charge is 0.296 e. The Kier molecular flexibility index (Phi) is 5.98. The molecule has 0 aliphatic carbocycles. The first-order valence-corrected chi connectivity index (χ1v) is 4.19. The molecule has 0 spiro atoms. The molecule has 1 nitrogen and oxygen atoms in total. The van der Waals surface area contributed by atoms with Crippen LogP contribution in [0, 0.1) is 0 Å². The molecule has 0 aromatic carbocycles. The van der Waals surface area contributed by atoms with Crippen LogP contribution in [0.1, 0.15) is 19.8 Å². The van der Waals surface area contributed by atoms with Gasteiger partial charge in [0.2, 0.25) is 0 Å². The molecule has 0 aliphatic rings. The Bertz CT molecular complexity index is 209. The zero-order valence-corrected chi connectivity index (χ0v) is 8.01. The van der Waals surface area contributed by atoms with Crippen LogP contribution in [0.15, 0.2) is 41.4 Å². The molecule has 0 aromatic heterocycles. The summed E-state index contributed by atoms with van der Waals surface area (Å²) in [6.07, 6.45) is 7.73. The van der Waals surface area contributed by atoms with E-state index in [0.717, 1.165) is 18.4 Å². The molecule has 0 aliphatic heterocycles. The summed E-state index contributed by atoms with van der Waals surface area (Å²) in [6.45, 7) is 9.73. The summed E-state index contributed by atoms with van der Waals surface area (Å²) < 4.78 is 0. The lowest BCUT2D eigenvalue weighted by atomic mass is 10.0. The summed E-state index contributed by atoms with van der Waals surface area (Å²) in [5.74, 6) is 0. The lowest BCUT2D eigenvalue weighted by Gasteiger charge is -2.03. The van der Waals surface area contributed by atoms with Gasteiger partial charge >= 0.3 is 0 Å². The fourth-order valence-corrected chi connectivity index (χ4v) is 1.00. The number of hydrogen-bond donors (Lipinski definition) is 0. The Balaban J connectivity index is 4.39. The van der Waals surface area contributed by atoms with E-state index in [0.29, 0.717) is 0 Å². The summed E-state index contributed by atoms with van der Waals surface area (Å²) in [7, 11) is 1.75. The smallest absolute Gasteiger partial charge is 0.0278 e. The van der Waals surface area contributed by atoms with Crippen LogP contribution in [0.2, 0.25) is 0 Å². The predicted octanol–water partition coefficient (Wildman–Crippen LogP) is 3.16. The average molecular weight is 163 g/mol. The first-order valence-electron chi connectivity index (χ1n) is 4.19. The van der Waals surface area contributed by atoms with Crippen LogP contribution in [-0.4, -0.2) is 13.3 Å². The van der Waals surface area contributed by atoms with Gasteiger partial charge in [-0.2, -0.15) is 0 Å². The third kappa shape index (κ3) is 3.91. The topological polar surface area (TPSA) is 12.4 Å². The Morgan fingerprint density at radius 1 is 1.50 bits per heavy atom. The minimum absolute atomic E-state index is 0.985. The Hall–Kier alpha value is -1.11. The van der Waals surface area contributed by atoms with Gasteiger partial charge in [-0.15, -0.1) is 0 Å². The van der Waals surface area contributed by atoms with E-state index in [2.05, 4.69) is 25.1 Å². The number of allylic oxidation sites excluding steroid dienone is 4. The highest BCUT2D eigenvalue weighted by atomic mass is 14.6. The normalized spacial score (nSPS) is 12.0. The highest BCUT2D eigenvalue weighted by molar-refractivity contribution is 5.83. The van der Waals surface area contributed by atoms with Gasteiger partial charge in [0.05, 0.1) is 0 Å². The summed E-state index contributed by atoms with van der Waals surface area (Å²) in [4.78, 5) is 3.92. The maximum absolute atomic E-state index is 3.92. The first kappa shape index (κ1) is 10.9. The van der Waals surface area contributed by atoms with E-state index >= 15 is 0 Å². The Labute approximate surface area is 75.2 Å². The zero-order valence-electron chi connectivity index (χ0n) is 8.01. The van der Waals surface area contributed by atoms with E-state index < -0.39 is 0 Å². The summed E-state index contributed by atoms with van der Waals surface area (Å²) in [5.41, 5.74) is 2.21. The van der Waals surface area contributed by atoms with Crippen molar-refractivity contribution in [3.05, 3.63) is 36.5 Å². The van der Waals surface area contributed by atoms with E-state index in [1.54, 1.807) is 19.3 Å². The molecule has 0 amide bonds. The molecule has 0 radical (unpaired) electrons. The third-order valence-electron chi connectivity index (χ3n) is 1.54. The molecule has 0 atom stereocenters. The fraction of sp³-hybridized carbons (Fsp3) is 0.364. The molecule has 0 fully saturated rings. The molecule has 66 valence electrons. The van der Waals surface area contributed by atoms with Crippen LogP contribution in [0.3, 0.4) is 0 Å². The van der Waals surface area contributed by atoms with Crippen molar-refractivity contribution in [2.24, 2.45) is 4.99 Å². The number of aliphatic imine (C=N–C) groups is 1. The second kappa shape index (κ2) is 6.59. The highest BCUT2D eigenvalue weighted by Crippen LogP contribution is 2.12. The summed E-state index contributed by atoms with van der Waals surface area (Å²) in [6, 6.07) is 0. The van der Waals surface area contributed by atoms with Gasteiger partial charge in [0.15, 0.2) is 0 Å². The van der Waals surface area contributed by atoms with Gasteiger partial charge in [-0.1, -0.05) is 38.7 Å². The molecule has 0 N–H and O–H groups in total. The summed E-state index contributed by atoms with van der Waals surface area (Å²) >= 11 is 0. The lowest BCUT2D eigenvalue weighted by molar-refractivity contribution is 0.922. The van der Waals surface area contributed by atoms with Crippen molar-refractivity contribution < 1.29 is 0 Å². The van der Waals surface area contributed by atoms with Gasteiger partial charge in [-0.25, -0.2) is 0 Å². The van der Waals surface area contributed by atoms with E-state index in [1.807, 2.05) is 6.08 Å². The van der Waals surface area contributed by atoms with Crippen molar-refractivity contribution in [1.82, 2.24) is 0 Å². The minimum Gasteiger partial charge on any atom is -0.296 e. The molecule has 0 saturated carbocycles. The second-order valence-corrected chi connectivity index (χ2v) is 2.59. The van der Waals surface area contributed by atoms with Crippen molar-refractivity contribution in [2.75, 3.05) is 7.05 Å². The molecule has 0 saturated heterocycles. The number of rotatable bonds is 5. The maximum atomic E-state index is 3.92. The zero-order chi connectivity index (χ0) is 9.40. The molecule has 0 unspecified atom stereocenters. The SMILES string of the molecule is C=C/C=C(/CCC)C(=C)C=NC. The quantitative estimate of drug-likeness (QED) is 0.436. The van der Waals surface area contributed by atoms with Crippen molar-refractivity contribution in [3.8, 4) is 0 Å². The summed E-state index contributed by atoms with van der Waals surface area (Å²) in [5, 5.41) is 0. The van der Waals surface area contributed by atoms with Gasteiger partial charge in [0.1, 0.15) is 0 Å². The van der Waals surface area contributed by atoms with Crippen LogP contribution >= 0.6 is 0 Å². The molecule has 0 aromatic rings. The number of nitrogens with zero attached hydrogens (tertiary/aromatic N) is 1. The van der Waals surface area contributed by atoms with Gasteiger partial charge in [-0.05, 0) is 17.6 Å². The van der Waals surface area contributed by atoms with Crippen LogP contribution < -0.4 is 0 Å². The average Bonchev–Trinajstić information content (AvgIpc) is 2.04. The molecular weight excluding hydrogens is 146 g/mol. The second-order valence-electron chi connectivity index (χ2n) is 2.59. The molecule has 0 rings (SSSR count). The standard InChI is InChI=1S/C11H17N/c1-5-7-11(8-6-2)10(3)9-12-4/h5,7,9H,1,3,6,8H2,2,4H3/b11-7-,12-9?. The van der Waals surface area contributed by atoms with Gasteiger partial charge in [0, 0.05) is 13.3 Å². The minimum atomic E-state index is 0.985. The van der Waals surface area contributed by atoms with Gasteiger partial charge in [-0.3, -0.25) is 4.99 Å². The Morgan fingerprint density at radius 3 is 2.58 bits per heavy atom. The fourth-order valence-electron chi connectivity index (χ4n) is 1.00. The molecule has 1 heteroatoms. The van der Waals surface area contributed by atoms with Crippen molar-refractivity contribution in [3.63, 3.8) is 0 Å². The van der Waals surface area contributed by atoms with Crippen LogP contribution in [0.5, 0.6) is 0 Å². The molecular formula is C11H17N. The molecule has 12 heavy (non-hydrogen) atoms. The van der Waals surface area contributed by atoms with Crippen LogP contribution in [0.25, 0.3) is 0 Å². The van der Waals surface area contributed by atoms with Crippen molar-refractivity contribution in [1.29, 1.82) is 0 Å². The first-order chi connectivity index (χ1) is 5.76.